The summed E-state index contributed by atoms with van der Waals surface area (Å²) in [5.41, 5.74) is 0.931. The van der Waals surface area contributed by atoms with Crippen molar-refractivity contribution in [3.63, 3.8) is 0 Å². The first-order valence-corrected chi connectivity index (χ1v) is 8.69. The molecule has 116 valence electrons. The maximum atomic E-state index is 12.6. The number of amides is 1. The fourth-order valence-electron chi connectivity index (χ4n) is 2.91. The van der Waals surface area contributed by atoms with Gasteiger partial charge in [0.05, 0.1) is 4.90 Å². The average molecular weight is 310 g/mol. The summed E-state index contributed by atoms with van der Waals surface area (Å²) in [4.78, 5) is 14.4. The molecule has 21 heavy (non-hydrogen) atoms. The number of nitrogens with zero attached hydrogens (tertiary/aromatic N) is 1. The van der Waals surface area contributed by atoms with Gasteiger partial charge < -0.3 is 4.90 Å². The van der Waals surface area contributed by atoms with Gasteiger partial charge in [0.25, 0.3) is 5.91 Å². The summed E-state index contributed by atoms with van der Waals surface area (Å²) in [7, 11) is -3.81. The number of sulfonamides is 1. The Morgan fingerprint density at radius 2 is 2.00 bits per heavy atom. The fourth-order valence-corrected chi connectivity index (χ4v) is 3.72. The third-order valence-corrected chi connectivity index (χ3v) is 5.19. The molecular formula is C15H22N2O3S. The first-order valence-electron chi connectivity index (χ1n) is 7.14. The van der Waals surface area contributed by atoms with Gasteiger partial charge in [0.15, 0.2) is 0 Å². The second-order valence-electron chi connectivity index (χ2n) is 6.00. The lowest BCUT2D eigenvalue weighted by molar-refractivity contribution is 0.0588. The summed E-state index contributed by atoms with van der Waals surface area (Å²) in [5, 5.41) is 5.20. The number of nitrogens with two attached hydrogens (primary N) is 1. The maximum absolute atomic E-state index is 12.6. The monoisotopic (exact) mass is 310 g/mol. The van der Waals surface area contributed by atoms with Crippen LogP contribution in [0.1, 0.15) is 42.6 Å². The highest BCUT2D eigenvalue weighted by Gasteiger charge is 2.28. The molecule has 5 nitrogen and oxygen atoms in total. The van der Waals surface area contributed by atoms with Crippen molar-refractivity contribution in [2.75, 3.05) is 6.54 Å². The molecule has 0 radical (unpaired) electrons. The highest BCUT2D eigenvalue weighted by Crippen LogP contribution is 2.25. The van der Waals surface area contributed by atoms with E-state index in [1.54, 1.807) is 19.1 Å². The largest absolute Gasteiger partial charge is 0.336 e. The van der Waals surface area contributed by atoms with Crippen molar-refractivity contribution >= 4 is 15.9 Å². The fraction of sp³-hybridized carbons (Fsp3) is 0.533. The number of hydrogen-bond donors (Lipinski definition) is 1. The molecule has 1 amide bonds. The summed E-state index contributed by atoms with van der Waals surface area (Å²) in [6, 6.07) is 4.85. The number of benzene rings is 1. The molecule has 0 aliphatic carbocycles. The standard InChI is InChI=1S/C15H22N2O3S/c1-10-6-7-17(12(3)8-10)15(18)13-5-4-11(2)14(9-13)21(16,19)20/h4-5,9-10,12H,6-8H2,1-3H3,(H2,16,19,20). The SMILES string of the molecule is Cc1ccc(C(=O)N2CCC(C)CC2C)cc1S(N)(=O)=O. The zero-order valence-electron chi connectivity index (χ0n) is 12.7. The molecule has 2 atom stereocenters. The third kappa shape index (κ3) is 3.44. The van der Waals surface area contributed by atoms with E-state index in [-0.39, 0.29) is 16.8 Å². The van der Waals surface area contributed by atoms with E-state index >= 15 is 0 Å². The number of primary sulfonamides is 1. The zero-order valence-corrected chi connectivity index (χ0v) is 13.5. The van der Waals surface area contributed by atoms with Crippen LogP contribution in [0.2, 0.25) is 0 Å². The second kappa shape index (κ2) is 5.77. The van der Waals surface area contributed by atoms with Crippen LogP contribution in [0.3, 0.4) is 0 Å². The second-order valence-corrected chi connectivity index (χ2v) is 7.53. The van der Waals surface area contributed by atoms with Crippen molar-refractivity contribution in [2.24, 2.45) is 11.1 Å². The Bertz CT molecular complexity index is 655. The molecule has 1 aromatic rings. The highest BCUT2D eigenvalue weighted by atomic mass is 32.2. The molecule has 2 rings (SSSR count). The van der Waals surface area contributed by atoms with Gasteiger partial charge in [0.2, 0.25) is 10.0 Å². The Hall–Kier alpha value is -1.40. The van der Waals surface area contributed by atoms with Gasteiger partial charge in [-0.05, 0) is 50.3 Å². The molecule has 2 N–H and O–H groups in total. The van der Waals surface area contributed by atoms with Gasteiger partial charge in [-0.3, -0.25) is 4.79 Å². The van der Waals surface area contributed by atoms with Gasteiger partial charge in [-0.25, -0.2) is 13.6 Å². The Morgan fingerprint density at radius 1 is 1.33 bits per heavy atom. The van der Waals surface area contributed by atoms with Gasteiger partial charge in [0.1, 0.15) is 0 Å². The van der Waals surface area contributed by atoms with E-state index in [1.165, 1.54) is 6.07 Å². The summed E-state index contributed by atoms with van der Waals surface area (Å²) in [5.74, 6) is 0.487. The molecule has 0 spiro atoms. The summed E-state index contributed by atoms with van der Waals surface area (Å²) in [6.07, 6.45) is 1.95. The molecule has 0 saturated carbocycles. The van der Waals surface area contributed by atoms with E-state index in [2.05, 4.69) is 6.92 Å². The van der Waals surface area contributed by atoms with Crippen LogP contribution in [0.4, 0.5) is 0 Å². The number of likely N-dealkylation sites (tertiary alicyclic amines) is 1. The molecule has 1 aliphatic heterocycles. The van der Waals surface area contributed by atoms with E-state index in [0.717, 1.165) is 12.8 Å². The molecule has 1 heterocycles. The van der Waals surface area contributed by atoms with Crippen LogP contribution in [-0.4, -0.2) is 31.8 Å². The number of rotatable bonds is 2. The predicted octanol–water partition coefficient (Wildman–Crippen LogP) is 1.90. The lowest BCUT2D eigenvalue weighted by Gasteiger charge is -2.36. The van der Waals surface area contributed by atoms with Crippen molar-refractivity contribution in [1.29, 1.82) is 0 Å². The first kappa shape index (κ1) is 16.0. The molecule has 0 bridgehead atoms. The van der Waals surface area contributed by atoms with Crippen molar-refractivity contribution < 1.29 is 13.2 Å². The van der Waals surface area contributed by atoms with E-state index in [9.17, 15) is 13.2 Å². The van der Waals surface area contributed by atoms with Crippen molar-refractivity contribution in [2.45, 2.75) is 44.6 Å². The quantitative estimate of drug-likeness (QED) is 0.906. The van der Waals surface area contributed by atoms with Gasteiger partial charge in [-0.1, -0.05) is 13.0 Å². The minimum Gasteiger partial charge on any atom is -0.336 e. The number of piperidine rings is 1. The lowest BCUT2D eigenvalue weighted by Crippen LogP contribution is -2.44. The lowest BCUT2D eigenvalue weighted by atomic mass is 9.93. The predicted molar refractivity (Wildman–Crippen MR) is 81.4 cm³/mol. The smallest absolute Gasteiger partial charge is 0.254 e. The normalized spacial score (nSPS) is 23.1. The van der Waals surface area contributed by atoms with Gasteiger partial charge in [-0.15, -0.1) is 0 Å². The zero-order chi connectivity index (χ0) is 15.8. The van der Waals surface area contributed by atoms with Crippen LogP contribution in [0.5, 0.6) is 0 Å². The van der Waals surface area contributed by atoms with Gasteiger partial charge in [-0.2, -0.15) is 0 Å². The van der Waals surface area contributed by atoms with Crippen LogP contribution in [-0.2, 0) is 10.0 Å². The summed E-state index contributed by atoms with van der Waals surface area (Å²) < 4.78 is 23.1. The van der Waals surface area contributed by atoms with Crippen LogP contribution in [0, 0.1) is 12.8 Å². The molecule has 1 aromatic carbocycles. The number of aryl methyl sites for hydroxylation is 1. The Kier molecular flexibility index (Phi) is 4.39. The average Bonchev–Trinajstić information content (AvgIpc) is 2.37. The minimum atomic E-state index is -3.81. The molecule has 2 unspecified atom stereocenters. The van der Waals surface area contributed by atoms with Gasteiger partial charge in [0, 0.05) is 18.2 Å². The van der Waals surface area contributed by atoms with Crippen molar-refractivity contribution in [3.05, 3.63) is 29.3 Å². The van der Waals surface area contributed by atoms with E-state index in [1.807, 2.05) is 11.8 Å². The topological polar surface area (TPSA) is 80.5 Å². The van der Waals surface area contributed by atoms with Crippen molar-refractivity contribution in [3.8, 4) is 0 Å². The Labute approximate surface area is 126 Å². The van der Waals surface area contributed by atoms with Crippen LogP contribution in [0.15, 0.2) is 23.1 Å². The summed E-state index contributed by atoms with van der Waals surface area (Å²) in [6.45, 7) is 6.59. The molecule has 0 aromatic heterocycles. The first-order chi connectivity index (χ1) is 9.70. The number of carbonyl (C=O) groups excluding carboxylic acids is 1. The molecule has 1 aliphatic rings. The van der Waals surface area contributed by atoms with Crippen molar-refractivity contribution in [1.82, 2.24) is 4.90 Å². The van der Waals surface area contributed by atoms with Gasteiger partial charge >= 0.3 is 0 Å². The highest BCUT2D eigenvalue weighted by molar-refractivity contribution is 7.89. The van der Waals surface area contributed by atoms with Crippen LogP contribution >= 0.6 is 0 Å². The number of hydrogen-bond acceptors (Lipinski definition) is 3. The molecule has 1 saturated heterocycles. The molecule has 1 fully saturated rings. The van der Waals surface area contributed by atoms with E-state index < -0.39 is 10.0 Å². The third-order valence-electron chi connectivity index (χ3n) is 4.14. The molecular weight excluding hydrogens is 288 g/mol. The summed E-state index contributed by atoms with van der Waals surface area (Å²) >= 11 is 0. The van der Waals surface area contributed by atoms with Crippen LogP contribution < -0.4 is 5.14 Å². The van der Waals surface area contributed by atoms with E-state index in [0.29, 0.717) is 23.6 Å². The minimum absolute atomic E-state index is 0.0198. The van der Waals surface area contributed by atoms with E-state index in [4.69, 9.17) is 5.14 Å². The Morgan fingerprint density at radius 3 is 2.57 bits per heavy atom. The number of carbonyl (C=O) groups is 1. The molecule has 6 heteroatoms. The Balaban J connectivity index is 2.32. The maximum Gasteiger partial charge on any atom is 0.254 e. The van der Waals surface area contributed by atoms with Crippen LogP contribution in [0.25, 0.3) is 0 Å².